The quantitative estimate of drug-likeness (QED) is 0.547. The second-order valence-electron chi connectivity index (χ2n) is 5.83. The first-order valence-corrected chi connectivity index (χ1v) is 8.59. The number of hydrogen-bond donors (Lipinski definition) is 2. The highest BCUT2D eigenvalue weighted by atomic mass is 16.5. The largest absolute Gasteiger partial charge is 0.478 e. The number of nitrogens with one attached hydrogen (secondary N) is 2. The summed E-state index contributed by atoms with van der Waals surface area (Å²) in [5, 5.41) is 7.88. The van der Waals surface area contributed by atoms with Gasteiger partial charge in [0.2, 0.25) is 11.8 Å². The van der Waals surface area contributed by atoms with Gasteiger partial charge in [-0.2, -0.15) is 10.1 Å². The molecule has 0 amide bonds. The summed E-state index contributed by atoms with van der Waals surface area (Å²) in [5.74, 6) is 0.941. The Morgan fingerprint density at radius 3 is 2.89 bits per heavy atom. The van der Waals surface area contributed by atoms with Gasteiger partial charge in [-0.25, -0.2) is 9.67 Å². The second kappa shape index (κ2) is 7.28. The predicted molar refractivity (Wildman–Crippen MR) is 102 cm³/mol. The minimum Gasteiger partial charge on any atom is -0.478 e. The normalized spacial score (nSPS) is 10.9. The van der Waals surface area contributed by atoms with E-state index in [0.717, 1.165) is 11.3 Å². The smallest absolute Gasteiger partial charge is 0.263 e. The lowest BCUT2D eigenvalue weighted by Crippen LogP contribution is -2.13. The van der Waals surface area contributed by atoms with Crippen molar-refractivity contribution in [3.8, 4) is 11.6 Å². The number of benzene rings is 1. The second-order valence-corrected chi connectivity index (χ2v) is 5.83. The predicted octanol–water partition coefficient (Wildman–Crippen LogP) is 2.51. The Balaban J connectivity index is 1.63. The minimum absolute atomic E-state index is 0.241. The number of nitrogens with zero attached hydrogens (tertiary/aromatic N) is 4. The monoisotopic (exact) mass is 362 g/mol. The van der Waals surface area contributed by atoms with Gasteiger partial charge >= 0.3 is 0 Å². The van der Waals surface area contributed by atoms with Crippen molar-refractivity contribution in [1.82, 2.24) is 24.7 Å². The topological polar surface area (TPSA) is 97.7 Å². The fourth-order valence-electron chi connectivity index (χ4n) is 2.73. The Morgan fingerprint density at radius 2 is 2.07 bits per heavy atom. The molecule has 136 valence electrons. The summed E-state index contributed by atoms with van der Waals surface area (Å²) in [6.45, 7) is 2.93. The number of para-hydroxylation sites is 1. The van der Waals surface area contributed by atoms with E-state index in [1.54, 1.807) is 10.9 Å². The van der Waals surface area contributed by atoms with Gasteiger partial charge in [-0.05, 0) is 30.7 Å². The van der Waals surface area contributed by atoms with E-state index in [1.807, 2.05) is 49.4 Å². The molecule has 0 radical (unpaired) electrons. The van der Waals surface area contributed by atoms with Crippen molar-refractivity contribution in [1.29, 1.82) is 0 Å². The van der Waals surface area contributed by atoms with Gasteiger partial charge in [0.25, 0.3) is 5.56 Å². The fraction of sp³-hybridized carbons (Fsp3) is 0.158. The SMILES string of the molecule is CCOc1cc(CNc2nc3c(cnn3-c3ccccc3)c(=O)[nH]2)ccn1. The number of pyridine rings is 1. The molecule has 0 saturated heterocycles. The van der Waals surface area contributed by atoms with E-state index in [1.165, 1.54) is 6.20 Å². The van der Waals surface area contributed by atoms with E-state index in [2.05, 4.69) is 25.4 Å². The maximum atomic E-state index is 12.4. The highest BCUT2D eigenvalue weighted by Gasteiger charge is 2.11. The molecule has 0 aliphatic carbocycles. The van der Waals surface area contributed by atoms with E-state index in [4.69, 9.17) is 4.74 Å². The van der Waals surface area contributed by atoms with E-state index in [0.29, 0.717) is 36.0 Å². The number of rotatable bonds is 6. The molecule has 27 heavy (non-hydrogen) atoms. The van der Waals surface area contributed by atoms with Crippen molar-refractivity contribution < 1.29 is 4.74 Å². The molecule has 8 heteroatoms. The number of aromatic nitrogens is 5. The van der Waals surface area contributed by atoms with E-state index in [-0.39, 0.29) is 5.56 Å². The molecular formula is C19H18N6O2. The van der Waals surface area contributed by atoms with Gasteiger partial charge in [-0.15, -0.1) is 0 Å². The Morgan fingerprint density at radius 1 is 1.22 bits per heavy atom. The molecule has 4 rings (SSSR count). The van der Waals surface area contributed by atoms with Crippen LogP contribution in [0, 0.1) is 0 Å². The molecule has 3 aromatic heterocycles. The number of anilines is 1. The number of aromatic amines is 1. The molecule has 2 N–H and O–H groups in total. The van der Waals surface area contributed by atoms with Crippen molar-refractivity contribution in [2.45, 2.75) is 13.5 Å². The van der Waals surface area contributed by atoms with Crippen molar-refractivity contribution in [2.75, 3.05) is 11.9 Å². The standard InChI is InChI=1S/C19H18N6O2/c1-2-27-16-10-13(8-9-20-16)11-21-19-23-17-15(18(26)24-19)12-22-25(17)14-6-4-3-5-7-14/h3-10,12H,2,11H2,1H3,(H2,21,23,24,26). The summed E-state index contributed by atoms with van der Waals surface area (Å²) in [4.78, 5) is 23.8. The molecule has 0 fully saturated rings. The van der Waals surface area contributed by atoms with Crippen LogP contribution in [0.15, 0.2) is 59.7 Å². The zero-order valence-electron chi connectivity index (χ0n) is 14.7. The number of H-pyrrole nitrogens is 1. The maximum absolute atomic E-state index is 12.4. The van der Waals surface area contributed by atoms with Crippen LogP contribution in [0.1, 0.15) is 12.5 Å². The summed E-state index contributed by atoms with van der Waals surface area (Å²) >= 11 is 0. The van der Waals surface area contributed by atoms with Crippen LogP contribution in [0.2, 0.25) is 0 Å². The maximum Gasteiger partial charge on any atom is 0.263 e. The summed E-state index contributed by atoms with van der Waals surface area (Å²) in [5.41, 5.74) is 2.06. The molecule has 0 aliphatic heterocycles. The number of hydrogen-bond acceptors (Lipinski definition) is 6. The lowest BCUT2D eigenvalue weighted by atomic mass is 10.2. The Hall–Kier alpha value is -3.68. The molecule has 4 aromatic rings. The lowest BCUT2D eigenvalue weighted by molar-refractivity contribution is 0.326. The van der Waals surface area contributed by atoms with Gasteiger partial charge in [-0.3, -0.25) is 9.78 Å². The van der Waals surface area contributed by atoms with Crippen LogP contribution in [0.4, 0.5) is 5.95 Å². The first-order valence-electron chi connectivity index (χ1n) is 8.59. The molecular weight excluding hydrogens is 344 g/mol. The molecule has 0 unspecified atom stereocenters. The van der Waals surface area contributed by atoms with Crippen LogP contribution in [0.3, 0.4) is 0 Å². The molecule has 0 bridgehead atoms. The third kappa shape index (κ3) is 3.50. The van der Waals surface area contributed by atoms with Crippen LogP contribution in [-0.4, -0.2) is 31.3 Å². The Kier molecular flexibility index (Phi) is 4.52. The molecule has 0 saturated carbocycles. The summed E-state index contributed by atoms with van der Waals surface area (Å²) in [6, 6.07) is 13.3. The highest BCUT2D eigenvalue weighted by Crippen LogP contribution is 2.15. The molecule has 8 nitrogen and oxygen atoms in total. The summed E-state index contributed by atoms with van der Waals surface area (Å²) in [7, 11) is 0. The highest BCUT2D eigenvalue weighted by molar-refractivity contribution is 5.76. The van der Waals surface area contributed by atoms with Gasteiger partial charge in [0, 0.05) is 18.8 Å². The van der Waals surface area contributed by atoms with E-state index < -0.39 is 0 Å². The molecule has 0 aliphatic rings. The minimum atomic E-state index is -0.241. The van der Waals surface area contributed by atoms with Gasteiger partial charge in [0.15, 0.2) is 5.65 Å². The molecule has 0 spiro atoms. The van der Waals surface area contributed by atoms with Crippen LogP contribution < -0.4 is 15.6 Å². The molecule has 3 heterocycles. The van der Waals surface area contributed by atoms with Crippen LogP contribution in [0.25, 0.3) is 16.7 Å². The Bertz CT molecular complexity index is 1120. The van der Waals surface area contributed by atoms with Crippen molar-refractivity contribution in [3.63, 3.8) is 0 Å². The zero-order chi connectivity index (χ0) is 18.6. The number of fused-ring (bicyclic) bond motifs is 1. The first kappa shape index (κ1) is 16.8. The van der Waals surface area contributed by atoms with E-state index in [9.17, 15) is 4.79 Å². The van der Waals surface area contributed by atoms with Gasteiger partial charge in [0.1, 0.15) is 5.39 Å². The van der Waals surface area contributed by atoms with Crippen LogP contribution >= 0.6 is 0 Å². The van der Waals surface area contributed by atoms with Crippen molar-refractivity contribution in [3.05, 3.63) is 70.8 Å². The average molecular weight is 362 g/mol. The fourth-order valence-corrected chi connectivity index (χ4v) is 2.73. The van der Waals surface area contributed by atoms with Crippen LogP contribution in [0.5, 0.6) is 5.88 Å². The van der Waals surface area contributed by atoms with Gasteiger partial charge in [0.05, 0.1) is 18.5 Å². The first-order chi connectivity index (χ1) is 13.2. The van der Waals surface area contributed by atoms with Crippen molar-refractivity contribution in [2.24, 2.45) is 0 Å². The summed E-state index contributed by atoms with van der Waals surface area (Å²) in [6.07, 6.45) is 3.21. The van der Waals surface area contributed by atoms with E-state index >= 15 is 0 Å². The molecule has 1 aromatic carbocycles. The summed E-state index contributed by atoms with van der Waals surface area (Å²) < 4.78 is 7.05. The average Bonchev–Trinajstić information content (AvgIpc) is 3.12. The Labute approximate surface area is 154 Å². The lowest BCUT2D eigenvalue weighted by Gasteiger charge is -2.08. The van der Waals surface area contributed by atoms with Gasteiger partial charge in [-0.1, -0.05) is 18.2 Å². The van der Waals surface area contributed by atoms with Gasteiger partial charge < -0.3 is 10.1 Å². The van der Waals surface area contributed by atoms with Crippen molar-refractivity contribution >= 4 is 17.0 Å². The zero-order valence-corrected chi connectivity index (χ0v) is 14.7. The van der Waals surface area contributed by atoms with Crippen LogP contribution in [-0.2, 0) is 6.54 Å². The molecule has 0 atom stereocenters. The number of ether oxygens (including phenoxy) is 1. The third-order valence-electron chi connectivity index (χ3n) is 3.99. The third-order valence-corrected chi connectivity index (χ3v) is 3.99.